The molecule has 1 aromatic carbocycles. The van der Waals surface area contributed by atoms with Gasteiger partial charge in [0.05, 0.1) is 10.8 Å². The molecule has 116 valence electrons. The van der Waals surface area contributed by atoms with Gasteiger partial charge in [0.1, 0.15) is 5.82 Å². The summed E-state index contributed by atoms with van der Waals surface area (Å²) in [6, 6.07) is 4.76. The van der Waals surface area contributed by atoms with Crippen molar-refractivity contribution in [2.75, 3.05) is 13.1 Å². The average molecular weight is 333 g/mol. The maximum Gasteiger partial charge on any atom is 0.218 e. The molecule has 2 aliphatic rings. The van der Waals surface area contributed by atoms with Crippen LogP contribution in [0.5, 0.6) is 0 Å². The van der Waals surface area contributed by atoms with E-state index in [0.29, 0.717) is 24.7 Å². The van der Waals surface area contributed by atoms with E-state index in [-0.39, 0.29) is 16.8 Å². The summed E-state index contributed by atoms with van der Waals surface area (Å²) < 4.78 is 39.8. The fourth-order valence-corrected chi connectivity index (χ4v) is 4.87. The lowest BCUT2D eigenvalue weighted by Crippen LogP contribution is -2.39. The van der Waals surface area contributed by atoms with Crippen molar-refractivity contribution < 1.29 is 12.8 Å². The van der Waals surface area contributed by atoms with Crippen LogP contribution in [0.15, 0.2) is 18.2 Å². The fraction of sp³-hybridized carbons (Fsp3) is 0.571. The molecule has 0 spiro atoms. The number of fused-ring (bicyclic) bond motifs is 2. The Morgan fingerprint density at radius 1 is 1.29 bits per heavy atom. The number of sulfonamides is 1. The summed E-state index contributed by atoms with van der Waals surface area (Å²) in [5, 5.41) is 3.42. The van der Waals surface area contributed by atoms with Crippen LogP contribution in [0.25, 0.3) is 0 Å². The summed E-state index contributed by atoms with van der Waals surface area (Å²) >= 11 is 5.71. The van der Waals surface area contributed by atoms with Crippen LogP contribution in [-0.4, -0.2) is 37.9 Å². The molecule has 2 saturated heterocycles. The zero-order chi connectivity index (χ0) is 15.0. The molecule has 0 radical (unpaired) electrons. The minimum Gasteiger partial charge on any atom is -0.310 e. The molecule has 3 rings (SSSR count). The highest BCUT2D eigenvalue weighted by molar-refractivity contribution is 7.88. The second-order valence-electron chi connectivity index (χ2n) is 5.79. The van der Waals surface area contributed by atoms with Crippen LogP contribution in [-0.2, 0) is 15.8 Å². The lowest BCUT2D eigenvalue weighted by molar-refractivity contribution is 0.383. The predicted molar refractivity (Wildman–Crippen MR) is 80.2 cm³/mol. The molecule has 0 aliphatic carbocycles. The van der Waals surface area contributed by atoms with Gasteiger partial charge in [-0.25, -0.2) is 17.1 Å². The van der Waals surface area contributed by atoms with Crippen LogP contribution in [0.2, 0.25) is 5.02 Å². The smallest absolute Gasteiger partial charge is 0.218 e. The zero-order valence-electron chi connectivity index (χ0n) is 11.6. The first kappa shape index (κ1) is 15.2. The van der Waals surface area contributed by atoms with Gasteiger partial charge in [-0.1, -0.05) is 17.7 Å². The van der Waals surface area contributed by atoms with Crippen LogP contribution in [0, 0.1) is 5.82 Å². The van der Waals surface area contributed by atoms with Crippen LogP contribution in [0.4, 0.5) is 4.39 Å². The summed E-state index contributed by atoms with van der Waals surface area (Å²) in [7, 11) is -3.40. The first-order valence-electron chi connectivity index (χ1n) is 7.12. The molecule has 2 atom stereocenters. The van der Waals surface area contributed by atoms with Gasteiger partial charge in [0.15, 0.2) is 0 Å². The molecule has 0 saturated carbocycles. The Balaban J connectivity index is 1.75. The monoisotopic (exact) mass is 332 g/mol. The summed E-state index contributed by atoms with van der Waals surface area (Å²) in [5.74, 6) is -0.668. The number of rotatable bonds is 3. The molecule has 21 heavy (non-hydrogen) atoms. The highest BCUT2D eigenvalue weighted by atomic mass is 35.5. The van der Waals surface area contributed by atoms with Gasteiger partial charge in [0, 0.05) is 25.2 Å². The average Bonchev–Trinajstić information content (AvgIpc) is 2.72. The fourth-order valence-electron chi connectivity index (χ4n) is 3.09. The zero-order valence-corrected chi connectivity index (χ0v) is 13.1. The maximum absolute atomic E-state index is 13.1. The standard InChI is InChI=1S/C14H18ClFN2O2S/c15-13-7-10(1-4-14(13)16)9-21(19,20)18-6-5-11-2-3-12(8-18)17-11/h1,4,7,11-12,17H,2-3,5-6,8-9H2/t11-,12+/m1/s1. The third-order valence-corrected chi connectivity index (χ3v) is 6.32. The van der Waals surface area contributed by atoms with E-state index < -0.39 is 15.8 Å². The molecule has 2 aliphatic heterocycles. The lowest BCUT2D eigenvalue weighted by atomic mass is 10.1. The van der Waals surface area contributed by atoms with Crippen molar-refractivity contribution in [2.24, 2.45) is 0 Å². The Morgan fingerprint density at radius 2 is 2.05 bits per heavy atom. The normalized spacial score (nSPS) is 26.8. The Labute approximate surface area is 129 Å². The van der Waals surface area contributed by atoms with Gasteiger partial charge in [-0.3, -0.25) is 0 Å². The second-order valence-corrected chi connectivity index (χ2v) is 8.17. The van der Waals surface area contributed by atoms with E-state index in [2.05, 4.69) is 5.32 Å². The molecule has 0 amide bonds. The lowest BCUT2D eigenvalue weighted by Gasteiger charge is -2.23. The highest BCUT2D eigenvalue weighted by Crippen LogP contribution is 2.24. The number of nitrogens with one attached hydrogen (secondary N) is 1. The van der Waals surface area contributed by atoms with Gasteiger partial charge >= 0.3 is 0 Å². The van der Waals surface area contributed by atoms with E-state index in [0.717, 1.165) is 19.3 Å². The van der Waals surface area contributed by atoms with Gasteiger partial charge in [-0.05, 0) is 37.0 Å². The highest BCUT2D eigenvalue weighted by Gasteiger charge is 2.34. The number of benzene rings is 1. The van der Waals surface area contributed by atoms with Gasteiger partial charge in [-0.2, -0.15) is 0 Å². The third kappa shape index (κ3) is 3.39. The molecule has 1 aromatic rings. The number of hydrogen-bond donors (Lipinski definition) is 1. The van der Waals surface area contributed by atoms with E-state index in [1.54, 1.807) is 4.31 Å². The Hall–Kier alpha value is -0.690. The molecule has 2 bridgehead atoms. The van der Waals surface area contributed by atoms with Crippen molar-refractivity contribution in [3.63, 3.8) is 0 Å². The minimum absolute atomic E-state index is 0.0423. The Bertz CT molecular complexity index is 638. The molecule has 0 aromatic heterocycles. The molecule has 2 fully saturated rings. The number of hydrogen-bond acceptors (Lipinski definition) is 3. The van der Waals surface area contributed by atoms with Crippen molar-refractivity contribution in [3.05, 3.63) is 34.6 Å². The van der Waals surface area contributed by atoms with Gasteiger partial charge in [-0.15, -0.1) is 0 Å². The van der Waals surface area contributed by atoms with E-state index in [4.69, 9.17) is 11.6 Å². The largest absolute Gasteiger partial charge is 0.310 e. The quantitative estimate of drug-likeness (QED) is 0.922. The van der Waals surface area contributed by atoms with Crippen LogP contribution < -0.4 is 5.32 Å². The summed E-state index contributed by atoms with van der Waals surface area (Å²) in [6.07, 6.45) is 3.01. The van der Waals surface area contributed by atoms with E-state index >= 15 is 0 Å². The molecule has 4 nitrogen and oxygen atoms in total. The molecule has 0 unspecified atom stereocenters. The molecule has 2 heterocycles. The summed E-state index contributed by atoms with van der Waals surface area (Å²) in [5.41, 5.74) is 0.517. The maximum atomic E-state index is 13.1. The second kappa shape index (κ2) is 5.83. The van der Waals surface area contributed by atoms with Gasteiger partial charge in [0.2, 0.25) is 10.0 Å². The van der Waals surface area contributed by atoms with Crippen molar-refractivity contribution in [1.29, 1.82) is 0 Å². The van der Waals surface area contributed by atoms with Crippen molar-refractivity contribution >= 4 is 21.6 Å². The van der Waals surface area contributed by atoms with Crippen molar-refractivity contribution in [1.82, 2.24) is 9.62 Å². The van der Waals surface area contributed by atoms with Crippen LogP contribution >= 0.6 is 11.6 Å². The predicted octanol–water partition coefficient (Wildman–Crippen LogP) is 2.14. The SMILES string of the molecule is O=S(=O)(Cc1ccc(F)c(Cl)c1)N1CC[C@H]2CC[C@@H](C1)N2. The first-order valence-corrected chi connectivity index (χ1v) is 9.10. The Morgan fingerprint density at radius 3 is 2.81 bits per heavy atom. The topological polar surface area (TPSA) is 49.4 Å². The Kier molecular flexibility index (Phi) is 4.23. The van der Waals surface area contributed by atoms with Crippen molar-refractivity contribution in [3.8, 4) is 0 Å². The third-order valence-electron chi connectivity index (χ3n) is 4.21. The van der Waals surface area contributed by atoms with Crippen LogP contribution in [0.3, 0.4) is 0 Å². The number of halogens is 2. The number of nitrogens with zero attached hydrogens (tertiary/aromatic N) is 1. The first-order chi connectivity index (χ1) is 9.94. The van der Waals surface area contributed by atoms with E-state index in [9.17, 15) is 12.8 Å². The molecular weight excluding hydrogens is 315 g/mol. The van der Waals surface area contributed by atoms with Gasteiger partial charge < -0.3 is 5.32 Å². The van der Waals surface area contributed by atoms with E-state index in [1.807, 2.05) is 0 Å². The summed E-state index contributed by atoms with van der Waals surface area (Å²) in [4.78, 5) is 0. The molecule has 1 N–H and O–H groups in total. The minimum atomic E-state index is -3.40. The van der Waals surface area contributed by atoms with Crippen LogP contribution in [0.1, 0.15) is 24.8 Å². The van der Waals surface area contributed by atoms with E-state index in [1.165, 1.54) is 18.2 Å². The van der Waals surface area contributed by atoms with Gasteiger partial charge in [0.25, 0.3) is 0 Å². The van der Waals surface area contributed by atoms with Crippen molar-refractivity contribution in [2.45, 2.75) is 37.1 Å². The molecule has 7 heteroatoms. The summed E-state index contributed by atoms with van der Waals surface area (Å²) in [6.45, 7) is 1.07. The molecular formula is C14H18ClFN2O2S.